The van der Waals surface area contributed by atoms with Crippen LogP contribution in [0.4, 0.5) is 10.1 Å². The maximum atomic E-state index is 13.3. The third-order valence-corrected chi connectivity index (χ3v) is 7.69. The second-order valence-corrected chi connectivity index (χ2v) is 11.6. The minimum absolute atomic E-state index is 0.0340. The van der Waals surface area contributed by atoms with Crippen molar-refractivity contribution < 1.29 is 31.9 Å². The van der Waals surface area contributed by atoms with Crippen molar-refractivity contribution in [2.24, 2.45) is 5.92 Å². The maximum absolute atomic E-state index is 13.3. The van der Waals surface area contributed by atoms with E-state index in [4.69, 9.17) is 9.47 Å². The highest BCUT2D eigenvalue weighted by Gasteiger charge is 2.26. The molecule has 9 nitrogen and oxygen atoms in total. The fourth-order valence-electron chi connectivity index (χ4n) is 3.82. The number of rotatable bonds is 14. The number of halogens is 1. The van der Waals surface area contributed by atoms with E-state index in [0.717, 1.165) is 24.1 Å². The predicted molar refractivity (Wildman–Crippen MR) is 155 cm³/mol. The Morgan fingerprint density at radius 1 is 0.902 bits per heavy atom. The smallest absolute Gasteiger partial charge is 0.261 e. The molecule has 0 aliphatic heterocycles. The van der Waals surface area contributed by atoms with Gasteiger partial charge in [-0.3, -0.25) is 14.3 Å². The van der Waals surface area contributed by atoms with Gasteiger partial charge in [-0.15, -0.1) is 0 Å². The summed E-state index contributed by atoms with van der Waals surface area (Å²) in [6, 6.07) is 16.9. The number of anilines is 1. The number of benzene rings is 3. The summed E-state index contributed by atoms with van der Waals surface area (Å²) < 4.78 is 51.7. The monoisotopic (exact) mass is 585 g/mol. The molecule has 0 aliphatic carbocycles. The molecule has 3 aromatic carbocycles. The Hall–Kier alpha value is -4.12. The van der Waals surface area contributed by atoms with Crippen molar-refractivity contribution in [3.63, 3.8) is 0 Å². The molecule has 0 spiro atoms. The molecule has 0 fully saturated rings. The van der Waals surface area contributed by atoms with Crippen molar-refractivity contribution in [3.8, 4) is 11.5 Å². The van der Waals surface area contributed by atoms with E-state index in [1.54, 1.807) is 26.2 Å². The summed E-state index contributed by atoms with van der Waals surface area (Å²) in [7, 11) is -2.35. The van der Waals surface area contributed by atoms with Gasteiger partial charge in [0.25, 0.3) is 15.9 Å². The Labute approximate surface area is 240 Å². The van der Waals surface area contributed by atoms with Crippen molar-refractivity contribution in [2.45, 2.75) is 44.7 Å². The van der Waals surface area contributed by atoms with E-state index in [0.29, 0.717) is 18.2 Å². The minimum atomic E-state index is -3.92. The lowest BCUT2D eigenvalue weighted by Gasteiger charge is -2.29. The number of hydrogen-bond donors (Lipinski definition) is 2. The minimum Gasteiger partial charge on any atom is -0.497 e. The van der Waals surface area contributed by atoms with Crippen molar-refractivity contribution in [1.29, 1.82) is 0 Å². The van der Waals surface area contributed by atoms with Crippen molar-refractivity contribution >= 4 is 27.5 Å². The molecular weight excluding hydrogens is 549 g/mol. The van der Waals surface area contributed by atoms with Crippen LogP contribution in [0.3, 0.4) is 0 Å². The van der Waals surface area contributed by atoms with Gasteiger partial charge in [-0.25, -0.2) is 12.8 Å². The molecule has 0 heterocycles. The van der Waals surface area contributed by atoms with E-state index >= 15 is 0 Å². The van der Waals surface area contributed by atoms with Crippen LogP contribution in [0.5, 0.6) is 11.5 Å². The molecule has 0 saturated heterocycles. The molecule has 11 heteroatoms. The van der Waals surface area contributed by atoms with E-state index in [9.17, 15) is 22.4 Å². The number of ether oxygens (including phenoxy) is 2. The summed E-state index contributed by atoms with van der Waals surface area (Å²) in [5.74, 6) is 0.215. The first-order valence-corrected chi connectivity index (χ1v) is 14.7. The zero-order chi connectivity index (χ0) is 30.0. The number of amides is 2. The molecular formula is C30H36FN3O6S. The van der Waals surface area contributed by atoms with Crippen LogP contribution >= 0.6 is 0 Å². The second-order valence-electron chi connectivity index (χ2n) is 9.89. The molecule has 1 unspecified atom stereocenters. The van der Waals surface area contributed by atoms with Gasteiger partial charge in [0, 0.05) is 18.8 Å². The zero-order valence-electron chi connectivity index (χ0n) is 23.6. The number of sulfonamides is 1. The summed E-state index contributed by atoms with van der Waals surface area (Å²) in [6.07, 6.45) is 0.819. The fraction of sp³-hybridized carbons (Fsp3) is 0.333. The van der Waals surface area contributed by atoms with Crippen LogP contribution in [0.1, 0.15) is 32.8 Å². The topological polar surface area (TPSA) is 114 Å². The number of nitrogens with one attached hydrogen (secondary N) is 2. The summed E-state index contributed by atoms with van der Waals surface area (Å²) in [5.41, 5.74) is 1.03. The van der Waals surface area contributed by atoms with E-state index in [2.05, 4.69) is 23.9 Å². The van der Waals surface area contributed by atoms with Gasteiger partial charge in [0.2, 0.25) is 5.91 Å². The quantitative estimate of drug-likeness (QED) is 0.286. The third-order valence-electron chi connectivity index (χ3n) is 6.29. The van der Waals surface area contributed by atoms with Crippen molar-refractivity contribution in [2.75, 3.05) is 25.0 Å². The first-order chi connectivity index (χ1) is 19.5. The standard InChI is InChI=1S/C30H36FN3O6S/c1-21(2)17-18-32-30(36)22(3)34(19-23-5-11-26(39-4)12-6-23)29(35)20-40-27-13-15-28(16-14-27)41(37,38)33-25-9-7-24(31)8-10-25/h5-16,21-22,33H,17-20H2,1-4H3,(H,32,36). The van der Waals surface area contributed by atoms with Gasteiger partial charge in [-0.05, 0) is 85.5 Å². The lowest BCUT2D eigenvalue weighted by Crippen LogP contribution is -2.49. The molecule has 2 amide bonds. The fourth-order valence-corrected chi connectivity index (χ4v) is 4.88. The second kappa shape index (κ2) is 14.5. The van der Waals surface area contributed by atoms with Gasteiger partial charge in [0.15, 0.2) is 6.61 Å². The van der Waals surface area contributed by atoms with Crippen molar-refractivity contribution in [1.82, 2.24) is 10.2 Å². The Balaban J connectivity index is 1.67. The van der Waals surface area contributed by atoms with Gasteiger partial charge in [0.05, 0.1) is 12.0 Å². The number of methoxy groups -OCH3 is 1. The highest BCUT2D eigenvalue weighted by molar-refractivity contribution is 7.92. The molecule has 2 N–H and O–H groups in total. The molecule has 3 aromatic rings. The molecule has 1 atom stereocenters. The van der Waals surface area contributed by atoms with Crippen LogP contribution in [0.2, 0.25) is 0 Å². The van der Waals surface area contributed by atoms with Crippen LogP contribution in [0.25, 0.3) is 0 Å². The summed E-state index contributed by atoms with van der Waals surface area (Å²) in [4.78, 5) is 27.6. The Bertz CT molecular complexity index is 1400. The van der Waals surface area contributed by atoms with Gasteiger partial charge >= 0.3 is 0 Å². The largest absolute Gasteiger partial charge is 0.497 e. The highest BCUT2D eigenvalue weighted by Crippen LogP contribution is 2.20. The normalized spacial score (nSPS) is 12.0. The molecule has 0 aliphatic rings. The zero-order valence-corrected chi connectivity index (χ0v) is 24.4. The molecule has 41 heavy (non-hydrogen) atoms. The number of carbonyl (C=O) groups excluding carboxylic acids is 2. The van der Waals surface area contributed by atoms with Gasteiger partial charge in [-0.1, -0.05) is 26.0 Å². The Morgan fingerprint density at radius 2 is 1.51 bits per heavy atom. The van der Waals surface area contributed by atoms with Crippen LogP contribution in [0.15, 0.2) is 77.7 Å². The molecule has 3 rings (SSSR count). The average molecular weight is 586 g/mol. The van der Waals surface area contributed by atoms with Gasteiger partial charge in [0.1, 0.15) is 23.4 Å². The first kappa shape index (κ1) is 31.4. The van der Waals surface area contributed by atoms with Crippen LogP contribution < -0.4 is 19.5 Å². The van der Waals surface area contributed by atoms with Crippen molar-refractivity contribution in [3.05, 3.63) is 84.2 Å². The van der Waals surface area contributed by atoms with Crippen LogP contribution in [0, 0.1) is 11.7 Å². The number of nitrogens with zero attached hydrogens (tertiary/aromatic N) is 1. The molecule has 0 saturated carbocycles. The number of hydrogen-bond acceptors (Lipinski definition) is 6. The van der Waals surface area contributed by atoms with E-state index in [1.165, 1.54) is 41.3 Å². The first-order valence-electron chi connectivity index (χ1n) is 13.2. The lowest BCUT2D eigenvalue weighted by molar-refractivity contribution is -0.142. The summed E-state index contributed by atoms with van der Waals surface area (Å²) in [6.45, 7) is 6.12. The molecule has 220 valence electrons. The Morgan fingerprint density at radius 3 is 2.10 bits per heavy atom. The van der Waals surface area contributed by atoms with E-state index in [-0.39, 0.29) is 35.4 Å². The molecule has 0 radical (unpaired) electrons. The highest BCUT2D eigenvalue weighted by atomic mass is 32.2. The van der Waals surface area contributed by atoms with Gasteiger partial charge < -0.3 is 19.7 Å². The summed E-state index contributed by atoms with van der Waals surface area (Å²) >= 11 is 0. The predicted octanol–water partition coefficient (Wildman–Crippen LogP) is 4.59. The van der Waals surface area contributed by atoms with Crippen LogP contribution in [-0.2, 0) is 26.2 Å². The van der Waals surface area contributed by atoms with Gasteiger partial charge in [-0.2, -0.15) is 0 Å². The number of carbonyl (C=O) groups is 2. The van der Waals surface area contributed by atoms with E-state index in [1.807, 2.05) is 12.1 Å². The average Bonchev–Trinajstić information content (AvgIpc) is 2.95. The third kappa shape index (κ3) is 9.49. The SMILES string of the molecule is COc1ccc(CN(C(=O)COc2ccc(S(=O)(=O)Nc3ccc(F)cc3)cc2)C(C)C(=O)NCCC(C)C)cc1. The molecule has 0 aromatic heterocycles. The summed E-state index contributed by atoms with van der Waals surface area (Å²) in [5, 5.41) is 2.89. The van der Waals surface area contributed by atoms with Crippen LogP contribution in [-0.4, -0.2) is 51.4 Å². The lowest BCUT2D eigenvalue weighted by atomic mass is 10.1. The molecule has 0 bridgehead atoms. The Kier molecular flexibility index (Phi) is 11.1. The maximum Gasteiger partial charge on any atom is 0.261 e. The van der Waals surface area contributed by atoms with E-state index < -0.39 is 27.8 Å².